The van der Waals surface area contributed by atoms with Crippen LogP contribution in [-0.4, -0.2) is 0 Å². The first-order chi connectivity index (χ1) is 10.4. The third kappa shape index (κ3) is 2.43. The van der Waals surface area contributed by atoms with Crippen LogP contribution in [0.4, 0.5) is 0 Å². The molecule has 0 saturated carbocycles. The van der Waals surface area contributed by atoms with E-state index in [0.717, 1.165) is 6.42 Å². The van der Waals surface area contributed by atoms with E-state index in [4.69, 9.17) is 0 Å². The van der Waals surface area contributed by atoms with Crippen molar-refractivity contribution in [3.8, 4) is 0 Å². The fourth-order valence-electron chi connectivity index (χ4n) is 3.42. The maximum absolute atomic E-state index is 2.33. The molecule has 0 bridgehead atoms. The van der Waals surface area contributed by atoms with E-state index < -0.39 is 0 Å². The molecule has 1 aliphatic carbocycles. The Kier molecular flexibility index (Phi) is 3.36. The molecule has 1 unspecified atom stereocenters. The van der Waals surface area contributed by atoms with Crippen LogP contribution in [0, 0.1) is 0 Å². The first-order valence-corrected chi connectivity index (χ1v) is 8.48. The summed E-state index contributed by atoms with van der Waals surface area (Å²) in [5.41, 5.74) is 6.04. The van der Waals surface area contributed by atoms with Gasteiger partial charge in [0.25, 0.3) is 0 Å². The summed E-state index contributed by atoms with van der Waals surface area (Å²) in [6.07, 6.45) is 3.46. The molecule has 0 radical (unpaired) electrons. The predicted molar refractivity (Wildman–Crippen MR) is 90.2 cm³/mol. The molecule has 0 N–H and O–H groups in total. The summed E-state index contributed by atoms with van der Waals surface area (Å²) >= 11 is 1.93. The lowest BCUT2D eigenvalue weighted by atomic mass is 9.88. The van der Waals surface area contributed by atoms with E-state index in [1.807, 2.05) is 11.3 Å². The molecule has 2 aromatic carbocycles. The zero-order valence-electron chi connectivity index (χ0n) is 12.0. The Morgan fingerprint density at radius 3 is 2.48 bits per heavy atom. The fraction of sp³-hybridized carbons (Fsp3) is 0.200. The Hall–Kier alpha value is -1.86. The van der Waals surface area contributed by atoms with Gasteiger partial charge in [-0.15, -0.1) is 11.3 Å². The molecular weight excluding hydrogens is 272 g/mol. The molecule has 0 amide bonds. The summed E-state index contributed by atoms with van der Waals surface area (Å²) in [6, 6.07) is 22.2. The number of aryl methyl sites for hydroxylation is 2. The minimum absolute atomic E-state index is 0.515. The maximum atomic E-state index is 2.33. The zero-order chi connectivity index (χ0) is 14.1. The lowest BCUT2D eigenvalue weighted by molar-refractivity contribution is 0.816. The van der Waals surface area contributed by atoms with Crippen LogP contribution in [-0.2, 0) is 19.3 Å². The largest absolute Gasteiger partial charge is 0.148 e. The molecule has 0 saturated heterocycles. The van der Waals surface area contributed by atoms with Crippen LogP contribution in [0.5, 0.6) is 0 Å². The summed E-state index contributed by atoms with van der Waals surface area (Å²) in [7, 11) is 0. The van der Waals surface area contributed by atoms with Crippen LogP contribution in [0.3, 0.4) is 0 Å². The summed E-state index contributed by atoms with van der Waals surface area (Å²) in [5, 5.41) is 2.26. The molecule has 1 aliphatic rings. The lowest BCUT2D eigenvalue weighted by Crippen LogP contribution is -2.05. The SMILES string of the molecule is c1ccc(CC2c3ccccc3CCc3ccsc32)cc1. The third-order valence-electron chi connectivity index (χ3n) is 4.47. The number of fused-ring (bicyclic) bond motifs is 2. The van der Waals surface area contributed by atoms with Crippen LogP contribution in [0.15, 0.2) is 66.0 Å². The molecule has 3 aromatic rings. The normalized spacial score (nSPS) is 16.9. The highest BCUT2D eigenvalue weighted by atomic mass is 32.1. The topological polar surface area (TPSA) is 0 Å². The van der Waals surface area contributed by atoms with E-state index in [0.29, 0.717) is 5.92 Å². The van der Waals surface area contributed by atoms with Gasteiger partial charge in [0.05, 0.1) is 0 Å². The molecule has 1 heteroatoms. The minimum atomic E-state index is 0.515. The van der Waals surface area contributed by atoms with Crippen LogP contribution >= 0.6 is 11.3 Å². The Labute approximate surface area is 130 Å². The van der Waals surface area contributed by atoms with E-state index in [9.17, 15) is 0 Å². The average molecular weight is 290 g/mol. The van der Waals surface area contributed by atoms with E-state index >= 15 is 0 Å². The van der Waals surface area contributed by atoms with E-state index in [1.54, 1.807) is 10.4 Å². The average Bonchev–Trinajstić information content (AvgIpc) is 2.95. The maximum Gasteiger partial charge on any atom is 0.0229 e. The van der Waals surface area contributed by atoms with Crippen LogP contribution in [0.25, 0.3) is 0 Å². The number of hydrogen-bond acceptors (Lipinski definition) is 1. The monoisotopic (exact) mass is 290 g/mol. The van der Waals surface area contributed by atoms with Crippen molar-refractivity contribution < 1.29 is 0 Å². The van der Waals surface area contributed by atoms with E-state index in [1.165, 1.54) is 29.5 Å². The van der Waals surface area contributed by atoms with E-state index in [-0.39, 0.29) is 0 Å². The standard InChI is InChI=1S/C20H18S/c1-2-6-15(7-3-1)14-19-18-9-5-4-8-16(18)10-11-17-12-13-21-20(17)19/h1-9,12-13,19H,10-11,14H2. The van der Waals surface area contributed by atoms with Crippen molar-refractivity contribution in [1.29, 1.82) is 0 Å². The Balaban J connectivity index is 1.81. The lowest BCUT2D eigenvalue weighted by Gasteiger charge is -2.18. The van der Waals surface area contributed by atoms with Gasteiger partial charge in [0.2, 0.25) is 0 Å². The second kappa shape index (κ2) is 5.50. The van der Waals surface area contributed by atoms with Gasteiger partial charge < -0.3 is 0 Å². The quantitative estimate of drug-likeness (QED) is 0.607. The van der Waals surface area contributed by atoms with Gasteiger partial charge in [0.1, 0.15) is 0 Å². The van der Waals surface area contributed by atoms with Gasteiger partial charge in [-0.25, -0.2) is 0 Å². The van der Waals surface area contributed by atoms with Gasteiger partial charge >= 0.3 is 0 Å². The highest BCUT2D eigenvalue weighted by molar-refractivity contribution is 7.10. The molecule has 0 fully saturated rings. The number of benzene rings is 2. The molecule has 21 heavy (non-hydrogen) atoms. The smallest absolute Gasteiger partial charge is 0.0229 e. The molecule has 4 rings (SSSR count). The van der Waals surface area contributed by atoms with Crippen LogP contribution in [0.2, 0.25) is 0 Å². The van der Waals surface area contributed by atoms with Gasteiger partial charge in [-0.05, 0) is 53.0 Å². The van der Waals surface area contributed by atoms with Crippen molar-refractivity contribution in [3.05, 3.63) is 93.2 Å². The van der Waals surface area contributed by atoms with Crippen molar-refractivity contribution in [2.75, 3.05) is 0 Å². The van der Waals surface area contributed by atoms with Crippen molar-refractivity contribution in [2.45, 2.75) is 25.2 Å². The van der Waals surface area contributed by atoms with Gasteiger partial charge in [-0.1, -0.05) is 54.6 Å². The Bertz CT molecular complexity index is 739. The zero-order valence-corrected chi connectivity index (χ0v) is 12.8. The first kappa shape index (κ1) is 12.8. The summed E-state index contributed by atoms with van der Waals surface area (Å²) in [5.74, 6) is 0.515. The fourth-order valence-corrected chi connectivity index (χ4v) is 4.50. The highest BCUT2D eigenvalue weighted by Gasteiger charge is 2.24. The molecule has 0 aliphatic heterocycles. The van der Waals surface area contributed by atoms with Crippen molar-refractivity contribution in [2.24, 2.45) is 0 Å². The summed E-state index contributed by atoms with van der Waals surface area (Å²) in [6.45, 7) is 0. The summed E-state index contributed by atoms with van der Waals surface area (Å²) < 4.78 is 0. The predicted octanol–water partition coefficient (Wildman–Crippen LogP) is 5.22. The molecule has 0 nitrogen and oxygen atoms in total. The highest BCUT2D eigenvalue weighted by Crippen LogP contribution is 2.39. The van der Waals surface area contributed by atoms with E-state index in [2.05, 4.69) is 66.0 Å². The van der Waals surface area contributed by atoms with Crippen LogP contribution in [0.1, 0.15) is 33.0 Å². The summed E-state index contributed by atoms with van der Waals surface area (Å²) in [4.78, 5) is 1.57. The Morgan fingerprint density at radius 1 is 0.810 bits per heavy atom. The second-order valence-electron chi connectivity index (χ2n) is 5.75. The van der Waals surface area contributed by atoms with Crippen LogP contribution < -0.4 is 0 Å². The number of thiophene rings is 1. The molecule has 1 heterocycles. The molecule has 104 valence electrons. The van der Waals surface area contributed by atoms with Crippen molar-refractivity contribution in [1.82, 2.24) is 0 Å². The Morgan fingerprint density at radius 2 is 1.57 bits per heavy atom. The third-order valence-corrected chi connectivity index (χ3v) is 5.55. The van der Waals surface area contributed by atoms with Gasteiger partial charge in [-0.3, -0.25) is 0 Å². The van der Waals surface area contributed by atoms with Crippen molar-refractivity contribution >= 4 is 11.3 Å². The molecular formula is C20H18S. The molecule has 1 atom stereocenters. The number of hydrogen-bond donors (Lipinski definition) is 0. The molecule has 1 aromatic heterocycles. The van der Waals surface area contributed by atoms with Gasteiger partial charge in [0.15, 0.2) is 0 Å². The van der Waals surface area contributed by atoms with Gasteiger partial charge in [0, 0.05) is 10.8 Å². The number of rotatable bonds is 2. The van der Waals surface area contributed by atoms with Gasteiger partial charge in [-0.2, -0.15) is 0 Å². The van der Waals surface area contributed by atoms with Crippen molar-refractivity contribution in [3.63, 3.8) is 0 Å². The minimum Gasteiger partial charge on any atom is -0.148 e. The molecule has 0 spiro atoms. The second-order valence-corrected chi connectivity index (χ2v) is 6.70. The first-order valence-electron chi connectivity index (χ1n) is 7.60.